The van der Waals surface area contributed by atoms with Crippen LogP contribution in [0.2, 0.25) is 5.02 Å². The zero-order valence-corrected chi connectivity index (χ0v) is 17.4. The van der Waals surface area contributed by atoms with E-state index in [1.165, 1.54) is 5.56 Å². The van der Waals surface area contributed by atoms with Crippen LogP contribution in [0.3, 0.4) is 0 Å². The van der Waals surface area contributed by atoms with Crippen LogP contribution < -0.4 is 5.32 Å². The van der Waals surface area contributed by atoms with Crippen molar-refractivity contribution in [3.05, 3.63) is 47.0 Å². The van der Waals surface area contributed by atoms with Crippen LogP contribution in [0.4, 0.5) is 0 Å². The minimum atomic E-state index is 0.505. The molecule has 152 valence electrons. The summed E-state index contributed by atoms with van der Waals surface area (Å²) in [7, 11) is 2.06. The summed E-state index contributed by atoms with van der Waals surface area (Å²) in [5.74, 6) is 2.40. The number of aliphatic imine (C=N–C) groups is 1. The third-order valence-electron chi connectivity index (χ3n) is 4.87. The van der Waals surface area contributed by atoms with Crippen LogP contribution in [0.25, 0.3) is 0 Å². The summed E-state index contributed by atoms with van der Waals surface area (Å²) in [4.78, 5) is 7.01. The quantitative estimate of drug-likeness (QED) is 0.541. The Balaban J connectivity index is 1.61. The Morgan fingerprint density at radius 1 is 1.39 bits per heavy atom. The van der Waals surface area contributed by atoms with E-state index in [0.29, 0.717) is 5.92 Å². The van der Waals surface area contributed by atoms with Crippen LogP contribution in [0, 0.1) is 5.92 Å². The third-order valence-corrected chi connectivity index (χ3v) is 5.12. The van der Waals surface area contributed by atoms with Gasteiger partial charge in [-0.05, 0) is 24.1 Å². The number of hydrogen-bond donors (Lipinski definition) is 1. The number of aryl methyl sites for hydroxylation is 1. The summed E-state index contributed by atoms with van der Waals surface area (Å²) in [5.41, 5.74) is 1.19. The molecule has 2 heterocycles. The van der Waals surface area contributed by atoms with E-state index in [-0.39, 0.29) is 0 Å². The van der Waals surface area contributed by atoms with Crippen LogP contribution in [0.5, 0.6) is 0 Å². The van der Waals surface area contributed by atoms with E-state index in [1.54, 1.807) is 6.33 Å². The van der Waals surface area contributed by atoms with E-state index in [0.717, 1.165) is 69.0 Å². The standard InChI is InChI=1S/C20H29ClN6O/c1-3-19-25-24-15-27(19)10-9-22-20(23-12-17-8-11-28-14-17)26(2)13-16-4-6-18(21)7-5-16/h4-7,15,17H,3,8-14H2,1-2H3,(H,22,23). The molecule has 0 bridgehead atoms. The van der Waals surface area contributed by atoms with Gasteiger partial charge in [0.05, 0.1) is 6.61 Å². The smallest absolute Gasteiger partial charge is 0.194 e. The molecule has 1 aliphatic rings. The second-order valence-corrected chi connectivity index (χ2v) is 7.53. The Labute approximate surface area is 171 Å². The molecule has 1 aromatic carbocycles. The predicted molar refractivity (Wildman–Crippen MR) is 112 cm³/mol. The Hall–Kier alpha value is -2.12. The van der Waals surface area contributed by atoms with Crippen molar-refractivity contribution in [2.75, 3.05) is 33.4 Å². The first kappa shape index (κ1) is 20.6. The highest BCUT2D eigenvalue weighted by atomic mass is 35.5. The van der Waals surface area contributed by atoms with Crippen molar-refractivity contribution < 1.29 is 4.74 Å². The molecule has 1 atom stereocenters. The normalized spacial score (nSPS) is 17.1. The lowest BCUT2D eigenvalue weighted by Crippen LogP contribution is -2.40. The first-order chi connectivity index (χ1) is 13.7. The van der Waals surface area contributed by atoms with Gasteiger partial charge in [-0.2, -0.15) is 0 Å². The van der Waals surface area contributed by atoms with Gasteiger partial charge >= 0.3 is 0 Å². The van der Waals surface area contributed by atoms with Crippen molar-refractivity contribution in [1.29, 1.82) is 0 Å². The molecule has 0 saturated carbocycles. The highest BCUT2D eigenvalue weighted by molar-refractivity contribution is 6.30. The van der Waals surface area contributed by atoms with Gasteiger partial charge in [0.15, 0.2) is 5.96 Å². The molecule has 1 fully saturated rings. The summed E-state index contributed by atoms with van der Waals surface area (Å²) in [6.45, 7) is 6.84. The summed E-state index contributed by atoms with van der Waals surface area (Å²) >= 11 is 6.00. The van der Waals surface area contributed by atoms with Gasteiger partial charge in [-0.3, -0.25) is 4.99 Å². The lowest BCUT2D eigenvalue weighted by Gasteiger charge is -2.23. The van der Waals surface area contributed by atoms with Gasteiger partial charge in [-0.15, -0.1) is 10.2 Å². The van der Waals surface area contributed by atoms with Crippen molar-refractivity contribution in [3.63, 3.8) is 0 Å². The van der Waals surface area contributed by atoms with Crippen LogP contribution >= 0.6 is 11.6 Å². The molecule has 0 spiro atoms. The number of ether oxygens (including phenoxy) is 1. The van der Waals surface area contributed by atoms with Gasteiger partial charge in [0, 0.05) is 57.2 Å². The molecule has 0 aliphatic carbocycles. The molecule has 8 heteroatoms. The van der Waals surface area contributed by atoms with E-state index in [4.69, 9.17) is 21.3 Å². The zero-order chi connectivity index (χ0) is 19.8. The van der Waals surface area contributed by atoms with Gasteiger partial charge in [0.25, 0.3) is 0 Å². The molecular weight excluding hydrogens is 376 g/mol. The summed E-state index contributed by atoms with van der Waals surface area (Å²) < 4.78 is 7.56. The molecule has 1 aliphatic heterocycles. The highest BCUT2D eigenvalue weighted by Gasteiger charge is 2.16. The van der Waals surface area contributed by atoms with Crippen molar-refractivity contribution in [2.24, 2.45) is 10.9 Å². The van der Waals surface area contributed by atoms with Crippen LogP contribution in [-0.2, 0) is 24.2 Å². The van der Waals surface area contributed by atoms with Crippen LogP contribution in [-0.4, -0.2) is 59.0 Å². The number of halogens is 1. The predicted octanol–water partition coefficient (Wildman–Crippen LogP) is 2.61. The number of hydrogen-bond acceptors (Lipinski definition) is 4. The van der Waals surface area contributed by atoms with Gasteiger partial charge in [0.1, 0.15) is 12.2 Å². The van der Waals surface area contributed by atoms with Gasteiger partial charge in [0.2, 0.25) is 0 Å². The molecule has 7 nitrogen and oxygen atoms in total. The summed E-state index contributed by atoms with van der Waals surface area (Å²) in [6.07, 6.45) is 3.74. The number of nitrogens with zero attached hydrogens (tertiary/aromatic N) is 5. The molecule has 1 N–H and O–H groups in total. The van der Waals surface area contributed by atoms with E-state index < -0.39 is 0 Å². The maximum absolute atomic E-state index is 6.00. The van der Waals surface area contributed by atoms with Gasteiger partial charge < -0.3 is 19.5 Å². The number of guanidine groups is 1. The van der Waals surface area contributed by atoms with Gasteiger partial charge in [-0.1, -0.05) is 30.7 Å². The fraction of sp³-hybridized carbons (Fsp3) is 0.550. The number of benzene rings is 1. The molecule has 3 rings (SSSR count). The Bertz CT molecular complexity index is 754. The van der Waals surface area contributed by atoms with E-state index in [1.807, 2.05) is 24.3 Å². The Kier molecular flexibility index (Phi) is 7.68. The van der Waals surface area contributed by atoms with E-state index >= 15 is 0 Å². The fourth-order valence-electron chi connectivity index (χ4n) is 3.22. The maximum atomic E-state index is 6.00. The molecule has 0 radical (unpaired) electrons. The van der Waals surface area contributed by atoms with Crippen molar-refractivity contribution in [1.82, 2.24) is 25.0 Å². The number of aromatic nitrogens is 3. The lowest BCUT2D eigenvalue weighted by molar-refractivity contribution is 0.187. The van der Waals surface area contributed by atoms with E-state index in [2.05, 4.69) is 39.0 Å². The molecule has 1 saturated heterocycles. The average molecular weight is 405 g/mol. The molecule has 2 aromatic rings. The van der Waals surface area contributed by atoms with Crippen LogP contribution in [0.15, 0.2) is 35.6 Å². The minimum Gasteiger partial charge on any atom is -0.381 e. The lowest BCUT2D eigenvalue weighted by atomic mass is 10.1. The van der Waals surface area contributed by atoms with Crippen molar-refractivity contribution in [2.45, 2.75) is 32.9 Å². The topological polar surface area (TPSA) is 67.6 Å². The minimum absolute atomic E-state index is 0.505. The number of rotatable bonds is 8. The van der Waals surface area contributed by atoms with Gasteiger partial charge in [-0.25, -0.2) is 0 Å². The molecule has 1 aromatic heterocycles. The second kappa shape index (κ2) is 10.4. The maximum Gasteiger partial charge on any atom is 0.194 e. The monoisotopic (exact) mass is 404 g/mol. The second-order valence-electron chi connectivity index (χ2n) is 7.10. The zero-order valence-electron chi connectivity index (χ0n) is 16.6. The summed E-state index contributed by atoms with van der Waals surface area (Å²) in [5, 5.41) is 12.4. The SMILES string of the molecule is CCc1nncn1CCNC(=NCC1CCOC1)N(C)Cc1ccc(Cl)cc1. The fourth-order valence-corrected chi connectivity index (χ4v) is 3.35. The Morgan fingerprint density at radius 2 is 2.21 bits per heavy atom. The van der Waals surface area contributed by atoms with Crippen LogP contribution in [0.1, 0.15) is 24.7 Å². The average Bonchev–Trinajstić information content (AvgIpc) is 3.37. The molecule has 0 amide bonds. The third kappa shape index (κ3) is 5.94. The first-order valence-corrected chi connectivity index (χ1v) is 10.2. The summed E-state index contributed by atoms with van der Waals surface area (Å²) in [6, 6.07) is 7.93. The molecule has 28 heavy (non-hydrogen) atoms. The molecular formula is C20H29ClN6O. The molecule has 1 unspecified atom stereocenters. The number of nitrogens with one attached hydrogen (secondary N) is 1. The highest BCUT2D eigenvalue weighted by Crippen LogP contribution is 2.13. The largest absolute Gasteiger partial charge is 0.381 e. The van der Waals surface area contributed by atoms with E-state index in [9.17, 15) is 0 Å². The first-order valence-electron chi connectivity index (χ1n) is 9.84. The van der Waals surface area contributed by atoms with Crippen molar-refractivity contribution >= 4 is 17.6 Å². The Morgan fingerprint density at radius 3 is 2.93 bits per heavy atom. The van der Waals surface area contributed by atoms with Crippen molar-refractivity contribution in [3.8, 4) is 0 Å².